The molecule has 0 atom stereocenters. The predicted octanol–water partition coefficient (Wildman–Crippen LogP) is 2.04. The molecule has 2 aliphatic heterocycles. The summed E-state index contributed by atoms with van der Waals surface area (Å²) >= 11 is 1.84. The number of fused-ring (bicyclic) bond motifs is 1. The van der Waals surface area contributed by atoms with Crippen LogP contribution in [0, 0.1) is 0 Å². The van der Waals surface area contributed by atoms with Crippen molar-refractivity contribution in [2.24, 2.45) is 0 Å². The summed E-state index contributed by atoms with van der Waals surface area (Å²) in [5.41, 5.74) is 1.40. The van der Waals surface area contributed by atoms with Crippen molar-refractivity contribution < 1.29 is 9.21 Å². The van der Waals surface area contributed by atoms with Crippen molar-refractivity contribution in [3.63, 3.8) is 0 Å². The summed E-state index contributed by atoms with van der Waals surface area (Å²) in [5.74, 6) is 1.26. The minimum absolute atomic E-state index is 0.270. The fourth-order valence-electron chi connectivity index (χ4n) is 3.51. The lowest BCUT2D eigenvalue weighted by Gasteiger charge is -2.36. The van der Waals surface area contributed by atoms with Crippen LogP contribution in [0.5, 0.6) is 0 Å². The first-order valence-electron chi connectivity index (χ1n) is 8.58. The molecule has 4 heterocycles. The Labute approximate surface area is 146 Å². The topological polar surface area (TPSA) is 39.9 Å². The monoisotopic (exact) mass is 345 g/mol. The van der Waals surface area contributed by atoms with Crippen LogP contribution in [0.3, 0.4) is 0 Å². The Hall–Kier alpha value is -1.63. The molecule has 2 aromatic heterocycles. The molecule has 24 heavy (non-hydrogen) atoms. The molecule has 0 spiro atoms. The number of furan rings is 1. The Morgan fingerprint density at radius 3 is 2.79 bits per heavy atom. The highest BCUT2D eigenvalue weighted by Gasteiger charge is 2.25. The lowest BCUT2D eigenvalue weighted by Crippen LogP contribution is -2.51. The van der Waals surface area contributed by atoms with Crippen LogP contribution in [0.15, 0.2) is 34.3 Å². The predicted molar refractivity (Wildman–Crippen MR) is 93.9 cm³/mol. The number of piperazine rings is 1. The summed E-state index contributed by atoms with van der Waals surface area (Å²) in [6.07, 6.45) is 2.80. The Morgan fingerprint density at radius 2 is 2.00 bits per heavy atom. The number of amides is 1. The maximum atomic E-state index is 12.6. The van der Waals surface area contributed by atoms with Crippen LogP contribution >= 0.6 is 11.3 Å². The van der Waals surface area contributed by atoms with Gasteiger partial charge in [-0.3, -0.25) is 14.6 Å². The van der Waals surface area contributed by atoms with Gasteiger partial charge in [0, 0.05) is 44.1 Å². The molecule has 1 fully saturated rings. The Bertz CT molecular complexity index is 674. The summed E-state index contributed by atoms with van der Waals surface area (Å²) in [4.78, 5) is 20.7. The van der Waals surface area contributed by atoms with Crippen molar-refractivity contribution >= 4 is 17.2 Å². The summed E-state index contributed by atoms with van der Waals surface area (Å²) < 4.78 is 5.41. The van der Waals surface area contributed by atoms with Crippen molar-refractivity contribution in [3.05, 3.63) is 46.0 Å². The van der Waals surface area contributed by atoms with Gasteiger partial charge in [-0.1, -0.05) is 0 Å². The van der Waals surface area contributed by atoms with Crippen molar-refractivity contribution in [3.8, 4) is 0 Å². The van der Waals surface area contributed by atoms with Gasteiger partial charge < -0.3 is 9.32 Å². The van der Waals surface area contributed by atoms with Gasteiger partial charge in [0.05, 0.1) is 19.4 Å². The Kier molecular flexibility index (Phi) is 4.69. The highest BCUT2D eigenvalue weighted by molar-refractivity contribution is 7.10. The van der Waals surface area contributed by atoms with Crippen molar-refractivity contribution in [1.82, 2.24) is 14.7 Å². The van der Waals surface area contributed by atoms with E-state index >= 15 is 0 Å². The van der Waals surface area contributed by atoms with Crippen LogP contribution in [0.1, 0.15) is 16.2 Å². The summed E-state index contributed by atoms with van der Waals surface area (Å²) in [7, 11) is 0. The zero-order valence-electron chi connectivity index (χ0n) is 13.8. The molecule has 2 aromatic rings. The number of hydrogen-bond acceptors (Lipinski definition) is 5. The number of rotatable bonds is 4. The molecule has 4 rings (SSSR count). The second-order valence-corrected chi connectivity index (χ2v) is 7.57. The highest BCUT2D eigenvalue weighted by Crippen LogP contribution is 2.23. The first-order valence-corrected chi connectivity index (χ1v) is 9.46. The second kappa shape index (κ2) is 7.09. The molecule has 1 saturated heterocycles. The van der Waals surface area contributed by atoms with E-state index in [4.69, 9.17) is 4.42 Å². The molecular weight excluding hydrogens is 322 g/mol. The molecule has 0 radical (unpaired) electrons. The molecule has 0 aromatic carbocycles. The molecule has 1 amide bonds. The van der Waals surface area contributed by atoms with E-state index in [1.165, 1.54) is 10.4 Å². The van der Waals surface area contributed by atoms with Crippen LogP contribution < -0.4 is 0 Å². The molecular formula is C18H23N3O2S. The van der Waals surface area contributed by atoms with E-state index in [2.05, 4.69) is 21.2 Å². The van der Waals surface area contributed by atoms with Gasteiger partial charge in [0.25, 0.3) is 0 Å². The zero-order valence-corrected chi connectivity index (χ0v) is 14.6. The average Bonchev–Trinajstić information content (AvgIpc) is 3.26. The van der Waals surface area contributed by atoms with Crippen LogP contribution in [0.25, 0.3) is 0 Å². The summed E-state index contributed by atoms with van der Waals surface area (Å²) in [5, 5.41) is 2.16. The molecule has 0 N–H and O–H groups in total. The number of carbonyl (C=O) groups excluding carboxylic acids is 1. The smallest absolute Gasteiger partial charge is 0.236 e. The average molecular weight is 345 g/mol. The third kappa shape index (κ3) is 3.55. The number of nitrogens with zero attached hydrogens (tertiary/aromatic N) is 3. The standard InChI is InChI=1S/C18H23N3O2S/c22-18(14-20-5-3-17-15(12-20)4-11-24-17)21-8-6-19(7-9-21)13-16-2-1-10-23-16/h1-2,4,10-11H,3,5-9,12-14H2. The first kappa shape index (κ1) is 15.9. The maximum Gasteiger partial charge on any atom is 0.236 e. The third-order valence-electron chi connectivity index (χ3n) is 4.93. The lowest BCUT2D eigenvalue weighted by atomic mass is 10.1. The molecule has 5 nitrogen and oxygen atoms in total. The molecule has 0 aliphatic carbocycles. The summed E-state index contributed by atoms with van der Waals surface area (Å²) in [6, 6.07) is 6.13. The van der Waals surface area contributed by atoms with Crippen molar-refractivity contribution in [2.75, 3.05) is 39.3 Å². The molecule has 0 unspecified atom stereocenters. The fourth-order valence-corrected chi connectivity index (χ4v) is 4.40. The lowest BCUT2D eigenvalue weighted by molar-refractivity contribution is -0.134. The van der Waals surface area contributed by atoms with Gasteiger partial charge >= 0.3 is 0 Å². The van der Waals surface area contributed by atoms with E-state index in [0.717, 1.165) is 58.0 Å². The van der Waals surface area contributed by atoms with E-state index in [0.29, 0.717) is 6.54 Å². The SMILES string of the molecule is O=C(CN1CCc2sccc2C1)N1CCN(Cc2ccco2)CC1. The molecule has 2 aliphatic rings. The van der Waals surface area contributed by atoms with Gasteiger partial charge in [-0.05, 0) is 35.6 Å². The van der Waals surface area contributed by atoms with Gasteiger partial charge in [0.1, 0.15) is 5.76 Å². The van der Waals surface area contributed by atoms with Crippen molar-refractivity contribution in [1.29, 1.82) is 0 Å². The first-order chi connectivity index (χ1) is 11.8. The Balaban J connectivity index is 1.25. The van der Waals surface area contributed by atoms with Gasteiger partial charge in [-0.15, -0.1) is 11.3 Å². The van der Waals surface area contributed by atoms with Gasteiger partial charge in [0.2, 0.25) is 5.91 Å². The van der Waals surface area contributed by atoms with E-state index < -0.39 is 0 Å². The Morgan fingerprint density at radius 1 is 1.12 bits per heavy atom. The van der Waals surface area contributed by atoms with Gasteiger partial charge in [0.15, 0.2) is 0 Å². The molecule has 128 valence electrons. The van der Waals surface area contributed by atoms with Crippen LogP contribution in [0.4, 0.5) is 0 Å². The maximum absolute atomic E-state index is 12.6. The van der Waals surface area contributed by atoms with Crippen LogP contribution in [0.2, 0.25) is 0 Å². The van der Waals surface area contributed by atoms with E-state index in [9.17, 15) is 4.79 Å². The number of carbonyl (C=O) groups is 1. The van der Waals surface area contributed by atoms with Crippen LogP contribution in [-0.4, -0.2) is 59.9 Å². The number of hydrogen-bond donors (Lipinski definition) is 0. The van der Waals surface area contributed by atoms with Gasteiger partial charge in [-0.25, -0.2) is 0 Å². The van der Waals surface area contributed by atoms with Crippen molar-refractivity contribution in [2.45, 2.75) is 19.5 Å². The zero-order chi connectivity index (χ0) is 16.4. The van der Waals surface area contributed by atoms with Gasteiger partial charge in [-0.2, -0.15) is 0 Å². The molecule has 6 heteroatoms. The third-order valence-corrected chi connectivity index (χ3v) is 5.95. The highest BCUT2D eigenvalue weighted by atomic mass is 32.1. The van der Waals surface area contributed by atoms with Crippen LogP contribution in [-0.2, 0) is 24.3 Å². The molecule has 0 bridgehead atoms. The molecule has 0 saturated carbocycles. The van der Waals surface area contributed by atoms with E-state index in [1.54, 1.807) is 6.26 Å². The minimum Gasteiger partial charge on any atom is -0.468 e. The summed E-state index contributed by atoms with van der Waals surface area (Å²) in [6.45, 7) is 6.77. The second-order valence-electron chi connectivity index (χ2n) is 6.57. The van der Waals surface area contributed by atoms with E-state index in [-0.39, 0.29) is 5.91 Å². The quantitative estimate of drug-likeness (QED) is 0.850. The normalized spacial score (nSPS) is 19.4. The minimum atomic E-state index is 0.270. The largest absolute Gasteiger partial charge is 0.468 e. The number of thiophene rings is 1. The fraction of sp³-hybridized carbons (Fsp3) is 0.500. The van der Waals surface area contributed by atoms with E-state index in [1.807, 2.05) is 28.4 Å².